The average Bonchev–Trinajstić information content (AvgIpc) is 2.64. The molecule has 0 fully saturated rings. The lowest BCUT2D eigenvalue weighted by Crippen LogP contribution is -2.15. The molecule has 0 heterocycles. The van der Waals surface area contributed by atoms with Crippen LogP contribution in [0.4, 0.5) is 4.39 Å². The fourth-order valence-corrected chi connectivity index (χ4v) is 1.82. The van der Waals surface area contributed by atoms with Crippen molar-refractivity contribution in [3.05, 3.63) is 77.8 Å². The highest BCUT2D eigenvalue weighted by Gasteiger charge is 2.09. The van der Waals surface area contributed by atoms with Gasteiger partial charge in [-0.2, -0.15) is 0 Å². The number of rotatable bonds is 7. The van der Waals surface area contributed by atoms with E-state index < -0.39 is 11.8 Å². The second-order valence-corrected chi connectivity index (χ2v) is 4.82. The minimum absolute atomic E-state index is 0.0542. The van der Waals surface area contributed by atoms with E-state index in [2.05, 4.69) is 9.89 Å². The number of ether oxygens (including phenoxy) is 2. The minimum Gasteiger partial charge on any atom is -0.489 e. The van der Waals surface area contributed by atoms with Crippen molar-refractivity contribution in [3.63, 3.8) is 0 Å². The zero-order valence-electron chi connectivity index (χ0n) is 13.5. The summed E-state index contributed by atoms with van der Waals surface area (Å²) in [6.45, 7) is 0.324. The Morgan fingerprint density at radius 3 is 2.68 bits per heavy atom. The van der Waals surface area contributed by atoms with Gasteiger partial charge in [0.05, 0.1) is 18.7 Å². The first-order valence-corrected chi connectivity index (χ1v) is 7.30. The number of carbonyl (C=O) groups is 1. The number of esters is 1. The van der Waals surface area contributed by atoms with Gasteiger partial charge >= 0.3 is 5.97 Å². The molecule has 25 heavy (non-hydrogen) atoms. The molecule has 2 N–H and O–H groups in total. The zero-order chi connectivity index (χ0) is 18.1. The van der Waals surface area contributed by atoms with E-state index in [1.54, 1.807) is 6.07 Å². The smallest absolute Gasteiger partial charge is 0.333 e. The van der Waals surface area contributed by atoms with E-state index in [1.165, 1.54) is 19.2 Å². The second kappa shape index (κ2) is 9.07. The van der Waals surface area contributed by atoms with Crippen LogP contribution in [-0.4, -0.2) is 18.9 Å². The molecule has 0 atom stereocenters. The molecule has 0 bridgehead atoms. The van der Waals surface area contributed by atoms with Gasteiger partial charge in [0, 0.05) is 6.07 Å². The Hall–Kier alpha value is -3.35. The Labute approximate surface area is 144 Å². The number of hydrogen-bond donors (Lipinski definition) is 1. The predicted octanol–water partition coefficient (Wildman–Crippen LogP) is 2.73. The molecular weight excluding hydrogens is 327 g/mol. The van der Waals surface area contributed by atoms with Gasteiger partial charge in [-0.25, -0.2) is 9.18 Å². The molecule has 0 aromatic heterocycles. The molecule has 0 radical (unpaired) electrons. The maximum Gasteiger partial charge on any atom is 0.333 e. The molecule has 0 amide bonds. The summed E-state index contributed by atoms with van der Waals surface area (Å²) >= 11 is 0. The van der Waals surface area contributed by atoms with E-state index in [-0.39, 0.29) is 11.4 Å². The number of amidine groups is 1. The summed E-state index contributed by atoms with van der Waals surface area (Å²) in [5, 5.41) is 3.50. The number of oxime groups is 1. The summed E-state index contributed by atoms with van der Waals surface area (Å²) < 4.78 is 24.0. The van der Waals surface area contributed by atoms with Crippen molar-refractivity contribution in [2.24, 2.45) is 10.9 Å². The highest BCUT2D eigenvalue weighted by atomic mass is 19.1. The van der Waals surface area contributed by atoms with Crippen LogP contribution in [0.25, 0.3) is 0 Å². The fourth-order valence-electron chi connectivity index (χ4n) is 1.82. The van der Waals surface area contributed by atoms with Gasteiger partial charge in [-0.15, -0.1) is 0 Å². The predicted molar refractivity (Wildman–Crippen MR) is 90.1 cm³/mol. The lowest BCUT2D eigenvalue weighted by Gasteiger charge is -2.08. The lowest BCUT2D eigenvalue weighted by molar-refractivity contribution is -0.135. The van der Waals surface area contributed by atoms with Crippen LogP contribution in [-0.2, 0) is 21.0 Å². The molecule has 2 aromatic carbocycles. The van der Waals surface area contributed by atoms with Crippen molar-refractivity contribution in [1.29, 1.82) is 0 Å². The second-order valence-electron chi connectivity index (χ2n) is 4.82. The van der Waals surface area contributed by atoms with E-state index >= 15 is 0 Å². The van der Waals surface area contributed by atoms with Crippen LogP contribution in [0.2, 0.25) is 0 Å². The number of halogens is 1. The molecule has 6 nitrogen and oxygen atoms in total. The van der Waals surface area contributed by atoms with Gasteiger partial charge in [-0.05, 0) is 17.7 Å². The van der Waals surface area contributed by atoms with Crippen LogP contribution in [0.1, 0.15) is 11.1 Å². The normalized spacial score (nSPS) is 11.4. The molecule has 130 valence electrons. The van der Waals surface area contributed by atoms with Gasteiger partial charge in [0.25, 0.3) is 0 Å². The van der Waals surface area contributed by atoms with Crippen LogP contribution in [0, 0.1) is 5.82 Å². The largest absolute Gasteiger partial charge is 0.489 e. The van der Waals surface area contributed by atoms with Crippen LogP contribution in [0.5, 0.6) is 5.75 Å². The number of carbonyl (C=O) groups excluding carboxylic acids is 1. The van der Waals surface area contributed by atoms with Crippen LogP contribution < -0.4 is 10.5 Å². The monoisotopic (exact) mass is 344 g/mol. The Kier molecular flexibility index (Phi) is 6.53. The third-order valence-corrected chi connectivity index (χ3v) is 3.08. The van der Waals surface area contributed by atoms with Crippen LogP contribution in [0.15, 0.2) is 66.0 Å². The van der Waals surface area contributed by atoms with Crippen molar-refractivity contribution in [2.45, 2.75) is 6.61 Å². The average molecular weight is 344 g/mol. The van der Waals surface area contributed by atoms with Crippen molar-refractivity contribution in [2.75, 3.05) is 7.11 Å². The van der Waals surface area contributed by atoms with Gasteiger partial charge in [0.2, 0.25) is 0 Å². The molecule has 0 saturated heterocycles. The quantitative estimate of drug-likeness (QED) is 0.208. The topological polar surface area (TPSA) is 83.1 Å². The summed E-state index contributed by atoms with van der Waals surface area (Å²) in [6, 6.07) is 13.7. The van der Waals surface area contributed by atoms with Gasteiger partial charge in [-0.3, -0.25) is 0 Å². The Morgan fingerprint density at radius 2 is 2.00 bits per heavy atom. The Bertz CT molecular complexity index is 776. The number of nitrogens with two attached hydrogens (primary N) is 1. The fraction of sp³-hybridized carbons (Fsp3) is 0.111. The molecule has 7 heteroatoms. The number of nitrogens with zero attached hydrogens (tertiary/aromatic N) is 1. The Balaban J connectivity index is 1.98. The Morgan fingerprint density at radius 1 is 1.24 bits per heavy atom. The van der Waals surface area contributed by atoms with E-state index in [9.17, 15) is 9.18 Å². The highest BCUT2D eigenvalue weighted by Crippen LogP contribution is 2.18. The highest BCUT2D eigenvalue weighted by molar-refractivity contribution is 5.97. The third kappa shape index (κ3) is 5.65. The van der Waals surface area contributed by atoms with Crippen molar-refractivity contribution >= 4 is 11.8 Å². The maximum atomic E-state index is 14.1. The molecule has 0 aliphatic rings. The minimum atomic E-state index is -0.611. The van der Waals surface area contributed by atoms with Crippen molar-refractivity contribution < 1.29 is 23.5 Å². The molecule has 2 rings (SSSR count). The van der Waals surface area contributed by atoms with E-state index in [1.807, 2.05) is 30.3 Å². The number of methoxy groups -OCH3 is 1. The first kappa shape index (κ1) is 18.0. The molecular formula is C18H17FN2O4. The van der Waals surface area contributed by atoms with Gasteiger partial charge in [-0.1, -0.05) is 35.5 Å². The molecule has 0 spiro atoms. The van der Waals surface area contributed by atoms with Crippen LogP contribution >= 0.6 is 0 Å². The van der Waals surface area contributed by atoms with Gasteiger partial charge in [0.1, 0.15) is 24.4 Å². The summed E-state index contributed by atoms with van der Waals surface area (Å²) in [5.74, 6) is -1.03. The van der Waals surface area contributed by atoms with Crippen molar-refractivity contribution in [1.82, 2.24) is 0 Å². The van der Waals surface area contributed by atoms with Crippen LogP contribution in [0.3, 0.4) is 0 Å². The third-order valence-electron chi connectivity index (χ3n) is 3.08. The van der Waals surface area contributed by atoms with Gasteiger partial charge < -0.3 is 20.0 Å². The maximum absolute atomic E-state index is 14.1. The number of benzene rings is 2. The first-order valence-electron chi connectivity index (χ1n) is 7.30. The lowest BCUT2D eigenvalue weighted by atomic mass is 10.2. The number of hydrogen-bond acceptors (Lipinski definition) is 5. The standard InChI is InChI=1S/C18H17FN2O4/c1-23-17(22)9-10-25-21-18(20)15-8-7-14(11-16(15)19)24-12-13-5-3-2-4-6-13/h2-11H,12H2,1H3,(H2,20,21)/b10-9+. The molecule has 0 aliphatic carbocycles. The van der Waals surface area contributed by atoms with Crippen molar-refractivity contribution in [3.8, 4) is 5.75 Å². The molecule has 0 aliphatic heterocycles. The van der Waals surface area contributed by atoms with E-state index in [4.69, 9.17) is 15.3 Å². The molecule has 0 saturated carbocycles. The molecule has 2 aromatic rings. The summed E-state index contributed by atoms with van der Waals surface area (Å²) in [7, 11) is 1.22. The SMILES string of the molecule is COC(=O)/C=C/ON=C(N)c1ccc(OCc2ccccc2)cc1F. The van der Waals surface area contributed by atoms with Gasteiger partial charge in [0.15, 0.2) is 5.84 Å². The molecule has 0 unspecified atom stereocenters. The van der Waals surface area contributed by atoms with E-state index in [0.717, 1.165) is 17.9 Å². The summed E-state index contributed by atoms with van der Waals surface area (Å²) in [6.07, 6.45) is 1.99. The summed E-state index contributed by atoms with van der Waals surface area (Å²) in [5.41, 5.74) is 6.68. The summed E-state index contributed by atoms with van der Waals surface area (Å²) in [4.78, 5) is 15.5. The zero-order valence-corrected chi connectivity index (χ0v) is 13.5. The first-order chi connectivity index (χ1) is 12.1. The van der Waals surface area contributed by atoms with E-state index in [0.29, 0.717) is 12.4 Å².